The van der Waals surface area contributed by atoms with Crippen LogP contribution in [0.5, 0.6) is 5.75 Å². The molecule has 1 unspecified atom stereocenters. The van der Waals surface area contributed by atoms with Gasteiger partial charge in [0.25, 0.3) is 8.32 Å². The molecule has 0 heterocycles. The molecule has 2 rings (SSSR count). The minimum Gasteiger partial charge on any atom is -0.543 e. The number of benzene rings is 2. The fourth-order valence-corrected chi connectivity index (χ4v) is 9.67. The van der Waals surface area contributed by atoms with E-state index < -0.39 is 8.32 Å². The average molecular weight is 380 g/mol. The molecule has 27 heavy (non-hydrogen) atoms. The summed E-state index contributed by atoms with van der Waals surface area (Å²) in [6, 6.07) is 20.9. The van der Waals surface area contributed by atoms with Crippen molar-refractivity contribution >= 4 is 8.32 Å². The Labute approximate surface area is 166 Å². The summed E-state index contributed by atoms with van der Waals surface area (Å²) in [7, 11) is -1.95. The van der Waals surface area contributed by atoms with Gasteiger partial charge in [-0.2, -0.15) is 5.26 Å². The van der Waals surface area contributed by atoms with E-state index in [1.54, 1.807) is 0 Å². The van der Waals surface area contributed by atoms with E-state index in [0.717, 1.165) is 17.7 Å². The van der Waals surface area contributed by atoms with Crippen LogP contribution in [-0.2, 0) is 6.42 Å². The molecule has 3 heteroatoms. The summed E-state index contributed by atoms with van der Waals surface area (Å²) in [6.45, 7) is 13.8. The Morgan fingerprint density at radius 3 is 1.78 bits per heavy atom. The van der Waals surface area contributed by atoms with Crippen LogP contribution in [0, 0.1) is 11.3 Å². The Morgan fingerprint density at radius 1 is 0.815 bits per heavy atom. The highest BCUT2D eigenvalue weighted by atomic mass is 28.4. The first-order valence-corrected chi connectivity index (χ1v) is 12.2. The molecule has 0 spiro atoms. The zero-order valence-electron chi connectivity index (χ0n) is 17.6. The van der Waals surface area contributed by atoms with Crippen LogP contribution in [0.25, 0.3) is 0 Å². The van der Waals surface area contributed by atoms with Gasteiger partial charge in [-0.1, -0.05) is 84.0 Å². The third-order valence-corrected chi connectivity index (χ3v) is 11.7. The van der Waals surface area contributed by atoms with Crippen molar-refractivity contribution in [1.29, 1.82) is 5.26 Å². The van der Waals surface area contributed by atoms with Gasteiger partial charge in [-0.3, -0.25) is 0 Å². The third kappa shape index (κ3) is 4.81. The number of nitrogens with zero attached hydrogens (tertiary/aromatic N) is 1. The summed E-state index contributed by atoms with van der Waals surface area (Å²) >= 11 is 0. The maximum atomic E-state index is 9.64. The van der Waals surface area contributed by atoms with E-state index in [9.17, 15) is 5.26 Å². The van der Waals surface area contributed by atoms with Crippen LogP contribution in [0.3, 0.4) is 0 Å². The molecule has 2 aromatic carbocycles. The zero-order valence-corrected chi connectivity index (χ0v) is 18.6. The molecular weight excluding hydrogens is 346 g/mol. The fraction of sp³-hybridized carbons (Fsp3) is 0.458. The molecule has 0 amide bonds. The largest absolute Gasteiger partial charge is 0.543 e. The molecule has 0 saturated heterocycles. The molecule has 0 aliphatic carbocycles. The molecule has 2 nitrogen and oxygen atoms in total. The van der Waals surface area contributed by atoms with Crippen LogP contribution >= 0.6 is 0 Å². The fourth-order valence-electron chi connectivity index (χ4n) is 4.41. The molecule has 0 bridgehead atoms. The van der Waals surface area contributed by atoms with E-state index in [-0.39, 0.29) is 5.92 Å². The first kappa shape index (κ1) is 21.2. The highest BCUT2D eigenvalue weighted by molar-refractivity contribution is 6.78. The van der Waals surface area contributed by atoms with E-state index in [1.807, 2.05) is 18.2 Å². The lowest BCUT2D eigenvalue weighted by Gasteiger charge is -2.42. The Hall–Kier alpha value is -2.05. The lowest BCUT2D eigenvalue weighted by Crippen LogP contribution is -2.50. The van der Waals surface area contributed by atoms with Gasteiger partial charge in [0, 0.05) is 0 Å². The second-order valence-electron chi connectivity index (χ2n) is 8.36. The summed E-state index contributed by atoms with van der Waals surface area (Å²) < 4.78 is 6.73. The Bertz CT molecular complexity index is 722. The minimum absolute atomic E-state index is 0.135. The van der Waals surface area contributed by atoms with Crippen molar-refractivity contribution in [2.24, 2.45) is 0 Å². The van der Waals surface area contributed by atoms with E-state index in [2.05, 4.69) is 84.0 Å². The maximum absolute atomic E-state index is 9.64. The van der Waals surface area contributed by atoms with Crippen molar-refractivity contribution in [2.45, 2.75) is 70.5 Å². The van der Waals surface area contributed by atoms with E-state index in [0.29, 0.717) is 16.6 Å². The van der Waals surface area contributed by atoms with Gasteiger partial charge in [-0.05, 0) is 46.3 Å². The quantitative estimate of drug-likeness (QED) is 0.459. The first-order chi connectivity index (χ1) is 12.8. The number of hydrogen-bond acceptors (Lipinski definition) is 2. The predicted octanol–water partition coefficient (Wildman–Crippen LogP) is 7.09. The number of hydrogen-bond donors (Lipinski definition) is 0. The van der Waals surface area contributed by atoms with Crippen LogP contribution in [0.15, 0.2) is 54.6 Å². The monoisotopic (exact) mass is 379 g/mol. The molecule has 0 aromatic heterocycles. The summed E-state index contributed by atoms with van der Waals surface area (Å²) in [5.41, 5.74) is 3.88. The number of nitriles is 1. The minimum atomic E-state index is -1.95. The molecule has 0 fully saturated rings. The van der Waals surface area contributed by atoms with Gasteiger partial charge in [0.05, 0.1) is 12.0 Å². The normalized spacial score (nSPS) is 13.0. The van der Waals surface area contributed by atoms with Gasteiger partial charge < -0.3 is 4.43 Å². The van der Waals surface area contributed by atoms with Gasteiger partial charge >= 0.3 is 0 Å². The Kier molecular flexibility index (Phi) is 7.27. The van der Waals surface area contributed by atoms with Crippen LogP contribution in [0.1, 0.15) is 58.6 Å². The Balaban J connectivity index is 2.21. The van der Waals surface area contributed by atoms with Crippen molar-refractivity contribution in [3.63, 3.8) is 0 Å². The average Bonchev–Trinajstić information content (AvgIpc) is 2.64. The molecule has 1 atom stereocenters. The van der Waals surface area contributed by atoms with Gasteiger partial charge in [-0.25, -0.2) is 0 Å². The molecule has 0 aliphatic rings. The zero-order chi connectivity index (χ0) is 20.0. The lowest BCUT2D eigenvalue weighted by molar-refractivity contribution is 0.479. The van der Waals surface area contributed by atoms with Gasteiger partial charge in [0.15, 0.2) is 0 Å². The van der Waals surface area contributed by atoms with Crippen LogP contribution in [0.2, 0.25) is 16.6 Å². The summed E-state index contributed by atoms with van der Waals surface area (Å²) in [4.78, 5) is 0. The second kappa shape index (κ2) is 9.24. The molecule has 0 saturated carbocycles. The first-order valence-electron chi connectivity index (χ1n) is 10.0. The molecule has 0 aliphatic heterocycles. The maximum Gasteiger partial charge on any atom is 0.258 e. The van der Waals surface area contributed by atoms with Crippen molar-refractivity contribution in [1.82, 2.24) is 0 Å². The van der Waals surface area contributed by atoms with Crippen molar-refractivity contribution < 1.29 is 4.43 Å². The van der Waals surface area contributed by atoms with Gasteiger partial charge in [-0.15, -0.1) is 0 Å². The summed E-state index contributed by atoms with van der Waals surface area (Å²) in [5.74, 6) is 0.807. The van der Waals surface area contributed by atoms with Crippen molar-refractivity contribution in [3.05, 3.63) is 65.7 Å². The van der Waals surface area contributed by atoms with Crippen molar-refractivity contribution in [2.75, 3.05) is 0 Å². The topological polar surface area (TPSA) is 33.0 Å². The van der Waals surface area contributed by atoms with Crippen LogP contribution in [0.4, 0.5) is 0 Å². The highest BCUT2D eigenvalue weighted by Gasteiger charge is 2.46. The van der Waals surface area contributed by atoms with Gasteiger partial charge in [0.1, 0.15) is 5.75 Å². The smallest absolute Gasteiger partial charge is 0.258 e. The molecule has 144 valence electrons. The summed E-state index contributed by atoms with van der Waals surface area (Å²) in [5, 5.41) is 9.64. The lowest BCUT2D eigenvalue weighted by atomic mass is 9.93. The molecule has 2 aromatic rings. The highest BCUT2D eigenvalue weighted by Crippen LogP contribution is 2.42. The van der Waals surface area contributed by atoms with Crippen LogP contribution in [-0.4, -0.2) is 8.32 Å². The molecule has 0 radical (unpaired) electrons. The van der Waals surface area contributed by atoms with E-state index >= 15 is 0 Å². The molecular formula is C24H33NOSi. The van der Waals surface area contributed by atoms with Crippen molar-refractivity contribution in [3.8, 4) is 11.8 Å². The van der Waals surface area contributed by atoms with E-state index in [1.165, 1.54) is 5.56 Å². The third-order valence-electron chi connectivity index (χ3n) is 5.72. The molecule has 0 N–H and O–H groups in total. The predicted molar refractivity (Wildman–Crippen MR) is 117 cm³/mol. The van der Waals surface area contributed by atoms with E-state index in [4.69, 9.17) is 4.43 Å². The SMILES string of the molecule is CC(C)[Si](Oc1ccc(C(C#N)Cc2ccccc2)cc1)(C(C)C)C(C)C. The number of rotatable bonds is 8. The standard InChI is InChI=1S/C24H33NOSi/c1-18(2)27(19(3)4,20(5)6)26-24-14-12-22(13-15-24)23(17-25)16-21-10-8-7-9-11-21/h7-15,18-20,23H,16H2,1-6H3. The van der Waals surface area contributed by atoms with Gasteiger partial charge in [0.2, 0.25) is 0 Å². The second-order valence-corrected chi connectivity index (χ2v) is 13.7. The Morgan fingerprint density at radius 2 is 1.33 bits per heavy atom. The van der Waals surface area contributed by atoms with Crippen LogP contribution < -0.4 is 4.43 Å². The summed E-state index contributed by atoms with van der Waals surface area (Å²) in [6.07, 6.45) is 0.736.